The van der Waals surface area contributed by atoms with Crippen molar-refractivity contribution in [3.8, 4) is 0 Å². The standard InChI is InChI=1S/C14H15BrClF2NO/c15-10-6-11(17)13(12(18)7-10)14(20)19-5-1-2-9(8-19)3-4-16/h6-7,9H,1-5,8H2. The lowest BCUT2D eigenvalue weighted by molar-refractivity contribution is 0.0661. The summed E-state index contributed by atoms with van der Waals surface area (Å²) in [4.78, 5) is 13.8. The summed E-state index contributed by atoms with van der Waals surface area (Å²) in [6, 6.07) is 2.22. The van der Waals surface area contributed by atoms with Crippen molar-refractivity contribution in [3.63, 3.8) is 0 Å². The Balaban J connectivity index is 2.19. The van der Waals surface area contributed by atoms with Crippen LogP contribution in [-0.4, -0.2) is 29.8 Å². The van der Waals surface area contributed by atoms with Gasteiger partial charge in [-0.2, -0.15) is 0 Å². The molecule has 0 aliphatic carbocycles. The average Bonchev–Trinajstić information content (AvgIpc) is 2.38. The number of benzene rings is 1. The van der Waals surface area contributed by atoms with Gasteiger partial charge in [0.15, 0.2) is 0 Å². The van der Waals surface area contributed by atoms with Gasteiger partial charge in [0.1, 0.15) is 17.2 Å². The van der Waals surface area contributed by atoms with E-state index in [0.717, 1.165) is 31.4 Å². The second-order valence-electron chi connectivity index (χ2n) is 4.98. The van der Waals surface area contributed by atoms with Crippen molar-refractivity contribution >= 4 is 33.4 Å². The number of carbonyl (C=O) groups excluding carboxylic acids is 1. The molecular weight excluding hydrogens is 352 g/mol. The molecule has 0 aromatic heterocycles. The molecule has 1 heterocycles. The maximum absolute atomic E-state index is 13.8. The molecule has 0 spiro atoms. The van der Waals surface area contributed by atoms with E-state index < -0.39 is 23.1 Å². The van der Waals surface area contributed by atoms with Gasteiger partial charge < -0.3 is 4.90 Å². The van der Waals surface area contributed by atoms with E-state index in [-0.39, 0.29) is 4.47 Å². The van der Waals surface area contributed by atoms with Gasteiger partial charge in [-0.3, -0.25) is 4.79 Å². The fourth-order valence-corrected chi connectivity index (χ4v) is 3.25. The number of hydrogen-bond acceptors (Lipinski definition) is 1. The topological polar surface area (TPSA) is 20.3 Å². The number of rotatable bonds is 3. The molecular formula is C14H15BrClF2NO. The van der Waals surface area contributed by atoms with Crippen LogP contribution < -0.4 is 0 Å². The normalized spacial score (nSPS) is 19.2. The van der Waals surface area contributed by atoms with Gasteiger partial charge in [-0.15, -0.1) is 11.6 Å². The lowest BCUT2D eigenvalue weighted by Crippen LogP contribution is -2.40. The SMILES string of the molecule is O=C(c1c(F)cc(Br)cc1F)N1CCCC(CCCl)C1. The van der Waals surface area contributed by atoms with Gasteiger partial charge in [0.05, 0.1) is 0 Å². The Kier molecular flexibility index (Phi) is 5.38. The van der Waals surface area contributed by atoms with Crippen molar-refractivity contribution in [1.82, 2.24) is 4.90 Å². The highest BCUT2D eigenvalue weighted by atomic mass is 79.9. The summed E-state index contributed by atoms with van der Waals surface area (Å²) < 4.78 is 27.9. The maximum Gasteiger partial charge on any atom is 0.259 e. The summed E-state index contributed by atoms with van der Waals surface area (Å²) in [5.74, 6) is -1.39. The van der Waals surface area contributed by atoms with Crippen LogP contribution in [-0.2, 0) is 0 Å². The van der Waals surface area contributed by atoms with E-state index in [4.69, 9.17) is 11.6 Å². The Hall–Kier alpha value is -0.680. The van der Waals surface area contributed by atoms with Crippen LogP contribution in [0.1, 0.15) is 29.6 Å². The number of nitrogens with zero attached hydrogens (tertiary/aromatic N) is 1. The number of piperidine rings is 1. The summed E-state index contributed by atoms with van der Waals surface area (Å²) in [5.41, 5.74) is -0.472. The molecule has 1 aromatic carbocycles. The summed E-state index contributed by atoms with van der Waals surface area (Å²) >= 11 is 8.72. The third kappa shape index (κ3) is 3.50. The first-order valence-electron chi connectivity index (χ1n) is 6.52. The van der Waals surface area contributed by atoms with Crippen molar-refractivity contribution < 1.29 is 13.6 Å². The van der Waals surface area contributed by atoms with E-state index in [1.807, 2.05) is 0 Å². The number of amides is 1. The maximum atomic E-state index is 13.8. The summed E-state index contributed by atoms with van der Waals surface area (Å²) in [7, 11) is 0. The van der Waals surface area contributed by atoms with Crippen LogP contribution in [0.15, 0.2) is 16.6 Å². The second-order valence-corrected chi connectivity index (χ2v) is 6.28. The Morgan fingerprint density at radius 2 is 2.05 bits per heavy atom. The Morgan fingerprint density at radius 3 is 2.65 bits per heavy atom. The molecule has 2 nitrogen and oxygen atoms in total. The van der Waals surface area contributed by atoms with Crippen LogP contribution in [0.3, 0.4) is 0 Å². The van der Waals surface area contributed by atoms with E-state index in [1.165, 1.54) is 4.90 Å². The van der Waals surface area contributed by atoms with E-state index in [0.29, 0.717) is 24.9 Å². The predicted molar refractivity (Wildman–Crippen MR) is 78.0 cm³/mol. The molecule has 0 radical (unpaired) electrons. The Bertz CT molecular complexity index is 487. The predicted octanol–water partition coefficient (Wildman–Crippen LogP) is 4.21. The average molecular weight is 367 g/mol. The third-order valence-electron chi connectivity index (χ3n) is 3.54. The molecule has 1 amide bonds. The Morgan fingerprint density at radius 1 is 1.40 bits per heavy atom. The number of hydrogen-bond donors (Lipinski definition) is 0. The Labute approximate surface area is 130 Å². The van der Waals surface area contributed by atoms with E-state index in [2.05, 4.69) is 15.9 Å². The molecule has 1 aliphatic rings. The first-order chi connectivity index (χ1) is 9.52. The molecule has 1 aliphatic heterocycles. The highest BCUT2D eigenvalue weighted by Gasteiger charge is 2.28. The van der Waals surface area contributed by atoms with Gasteiger partial charge >= 0.3 is 0 Å². The fraction of sp³-hybridized carbons (Fsp3) is 0.500. The molecule has 1 unspecified atom stereocenters. The number of likely N-dealkylation sites (tertiary alicyclic amines) is 1. The van der Waals surface area contributed by atoms with Crippen LogP contribution in [0.2, 0.25) is 0 Å². The van der Waals surface area contributed by atoms with Gasteiger partial charge in [-0.05, 0) is 37.3 Å². The monoisotopic (exact) mass is 365 g/mol. The summed E-state index contributed by atoms with van der Waals surface area (Å²) in [5, 5.41) is 0. The van der Waals surface area contributed by atoms with Crippen molar-refractivity contribution in [2.75, 3.05) is 19.0 Å². The zero-order valence-corrected chi connectivity index (χ0v) is 13.2. The van der Waals surface area contributed by atoms with Crippen LogP contribution in [0.5, 0.6) is 0 Å². The van der Waals surface area contributed by atoms with Crippen molar-refractivity contribution in [2.45, 2.75) is 19.3 Å². The smallest absolute Gasteiger partial charge is 0.259 e. The van der Waals surface area contributed by atoms with E-state index >= 15 is 0 Å². The van der Waals surface area contributed by atoms with Gasteiger partial charge in [-0.25, -0.2) is 8.78 Å². The highest BCUT2D eigenvalue weighted by molar-refractivity contribution is 9.10. The minimum atomic E-state index is -0.832. The quantitative estimate of drug-likeness (QED) is 0.734. The van der Waals surface area contributed by atoms with Gasteiger partial charge in [0.25, 0.3) is 5.91 Å². The highest BCUT2D eigenvalue weighted by Crippen LogP contribution is 2.25. The zero-order chi connectivity index (χ0) is 14.7. The second kappa shape index (κ2) is 6.85. The lowest BCUT2D eigenvalue weighted by Gasteiger charge is -2.32. The number of halogens is 4. The molecule has 0 saturated carbocycles. The molecule has 1 aromatic rings. The summed E-state index contributed by atoms with van der Waals surface area (Å²) in [6.45, 7) is 1.05. The van der Waals surface area contributed by atoms with Crippen molar-refractivity contribution in [3.05, 3.63) is 33.8 Å². The lowest BCUT2D eigenvalue weighted by atomic mass is 9.95. The molecule has 0 bridgehead atoms. The van der Waals surface area contributed by atoms with Crippen LogP contribution in [0.25, 0.3) is 0 Å². The van der Waals surface area contributed by atoms with Crippen LogP contribution >= 0.6 is 27.5 Å². The molecule has 2 rings (SSSR count). The molecule has 1 fully saturated rings. The molecule has 0 N–H and O–H groups in total. The zero-order valence-electron chi connectivity index (χ0n) is 10.8. The molecule has 1 saturated heterocycles. The minimum absolute atomic E-state index is 0.280. The molecule has 6 heteroatoms. The first-order valence-corrected chi connectivity index (χ1v) is 7.85. The molecule has 110 valence electrons. The minimum Gasteiger partial charge on any atom is -0.338 e. The fourth-order valence-electron chi connectivity index (χ4n) is 2.54. The van der Waals surface area contributed by atoms with Crippen molar-refractivity contribution in [2.24, 2.45) is 5.92 Å². The first kappa shape index (κ1) is 15.7. The van der Waals surface area contributed by atoms with Gasteiger partial charge in [-0.1, -0.05) is 15.9 Å². The largest absolute Gasteiger partial charge is 0.338 e. The molecule has 20 heavy (non-hydrogen) atoms. The van der Waals surface area contributed by atoms with Crippen molar-refractivity contribution in [1.29, 1.82) is 0 Å². The van der Waals surface area contributed by atoms with Crippen LogP contribution in [0.4, 0.5) is 8.78 Å². The summed E-state index contributed by atoms with van der Waals surface area (Å²) in [6.07, 6.45) is 2.66. The van der Waals surface area contributed by atoms with Crippen LogP contribution in [0, 0.1) is 17.6 Å². The van der Waals surface area contributed by atoms with E-state index in [1.54, 1.807) is 0 Å². The number of carbonyl (C=O) groups is 1. The molecule has 1 atom stereocenters. The van der Waals surface area contributed by atoms with Gasteiger partial charge in [0.2, 0.25) is 0 Å². The third-order valence-corrected chi connectivity index (χ3v) is 4.22. The van der Waals surface area contributed by atoms with E-state index in [9.17, 15) is 13.6 Å². The number of alkyl halides is 1. The van der Waals surface area contributed by atoms with Gasteiger partial charge in [0, 0.05) is 23.4 Å².